The van der Waals surface area contributed by atoms with Gasteiger partial charge in [-0.2, -0.15) is 0 Å². The number of likely N-dealkylation sites (tertiary alicyclic amines) is 1. The number of aliphatic hydroxyl groups is 1. The standard InChI is InChI=1S/C21H26N2O3/c1-26-19-9-7-16(8-10-19)13-23-12-11-18(15-24)20(14-23)22-21(25)17-5-3-2-4-6-17/h2-10,18,20,24H,11-15H2,1H3,(H,22,25)/t18-,20-/m1/s1. The van der Waals surface area contributed by atoms with Crippen molar-refractivity contribution in [2.45, 2.75) is 19.0 Å². The summed E-state index contributed by atoms with van der Waals surface area (Å²) in [4.78, 5) is 14.8. The Balaban J connectivity index is 1.63. The van der Waals surface area contributed by atoms with Crippen LogP contribution in [0, 0.1) is 5.92 Å². The third kappa shape index (κ3) is 4.62. The van der Waals surface area contributed by atoms with E-state index in [1.54, 1.807) is 19.2 Å². The summed E-state index contributed by atoms with van der Waals surface area (Å²) in [5.41, 5.74) is 1.86. The van der Waals surface area contributed by atoms with E-state index in [2.05, 4.69) is 22.3 Å². The summed E-state index contributed by atoms with van der Waals surface area (Å²) in [6.45, 7) is 2.56. The third-order valence-electron chi connectivity index (χ3n) is 4.99. The van der Waals surface area contributed by atoms with Crippen LogP contribution in [-0.2, 0) is 6.54 Å². The quantitative estimate of drug-likeness (QED) is 0.836. The molecule has 1 aliphatic heterocycles. The lowest BCUT2D eigenvalue weighted by Crippen LogP contribution is -2.53. The Labute approximate surface area is 154 Å². The van der Waals surface area contributed by atoms with Crippen molar-refractivity contribution in [2.75, 3.05) is 26.8 Å². The second kappa shape index (κ2) is 8.83. The summed E-state index contributed by atoms with van der Waals surface area (Å²) in [5.74, 6) is 0.857. The molecule has 0 saturated carbocycles. The first-order valence-electron chi connectivity index (χ1n) is 9.01. The van der Waals surface area contributed by atoms with Gasteiger partial charge in [0, 0.05) is 37.2 Å². The first-order chi connectivity index (χ1) is 12.7. The molecule has 5 nitrogen and oxygen atoms in total. The predicted molar refractivity (Wildman–Crippen MR) is 101 cm³/mol. The van der Waals surface area contributed by atoms with Gasteiger partial charge in [-0.05, 0) is 42.8 Å². The molecule has 2 atom stereocenters. The zero-order valence-corrected chi connectivity index (χ0v) is 15.1. The molecule has 0 spiro atoms. The van der Waals surface area contributed by atoms with Gasteiger partial charge >= 0.3 is 0 Å². The summed E-state index contributed by atoms with van der Waals surface area (Å²) in [7, 11) is 1.66. The summed E-state index contributed by atoms with van der Waals surface area (Å²) in [5, 5.41) is 12.8. The minimum atomic E-state index is -0.0830. The molecule has 1 amide bonds. The highest BCUT2D eigenvalue weighted by atomic mass is 16.5. The Bertz CT molecular complexity index is 703. The highest BCUT2D eigenvalue weighted by Crippen LogP contribution is 2.21. The van der Waals surface area contributed by atoms with E-state index in [9.17, 15) is 9.90 Å². The number of nitrogens with zero attached hydrogens (tertiary/aromatic N) is 1. The fraction of sp³-hybridized carbons (Fsp3) is 0.381. The highest BCUT2D eigenvalue weighted by Gasteiger charge is 2.30. The maximum atomic E-state index is 12.5. The zero-order valence-electron chi connectivity index (χ0n) is 15.1. The van der Waals surface area contributed by atoms with Crippen LogP contribution in [0.1, 0.15) is 22.3 Å². The van der Waals surface area contributed by atoms with Gasteiger partial charge in [0.25, 0.3) is 5.91 Å². The van der Waals surface area contributed by atoms with Crippen molar-refractivity contribution in [1.29, 1.82) is 0 Å². The molecule has 3 rings (SSSR count). The van der Waals surface area contributed by atoms with Gasteiger partial charge in [0.1, 0.15) is 5.75 Å². The normalized spacial score (nSPS) is 20.5. The number of methoxy groups -OCH3 is 1. The number of hydrogen-bond donors (Lipinski definition) is 2. The Morgan fingerprint density at radius 3 is 2.58 bits per heavy atom. The SMILES string of the molecule is COc1ccc(CN2CC[C@H](CO)[C@H](NC(=O)c3ccccc3)C2)cc1. The fourth-order valence-electron chi connectivity index (χ4n) is 3.42. The van der Waals surface area contributed by atoms with Crippen LogP contribution in [0.2, 0.25) is 0 Å². The Morgan fingerprint density at radius 1 is 1.19 bits per heavy atom. The van der Waals surface area contributed by atoms with Crippen LogP contribution in [0.15, 0.2) is 54.6 Å². The van der Waals surface area contributed by atoms with Crippen molar-refractivity contribution >= 4 is 5.91 Å². The molecular weight excluding hydrogens is 328 g/mol. The molecule has 5 heteroatoms. The van der Waals surface area contributed by atoms with E-state index < -0.39 is 0 Å². The minimum absolute atomic E-state index is 0.0558. The first kappa shape index (κ1) is 18.4. The lowest BCUT2D eigenvalue weighted by atomic mass is 9.91. The maximum Gasteiger partial charge on any atom is 0.251 e. The number of ether oxygens (including phenoxy) is 1. The van der Waals surface area contributed by atoms with E-state index in [0.717, 1.165) is 31.8 Å². The molecular formula is C21H26N2O3. The van der Waals surface area contributed by atoms with Crippen molar-refractivity contribution in [3.8, 4) is 5.75 Å². The van der Waals surface area contributed by atoms with E-state index in [4.69, 9.17) is 4.74 Å². The number of aliphatic hydroxyl groups excluding tert-OH is 1. The largest absolute Gasteiger partial charge is 0.497 e. The monoisotopic (exact) mass is 354 g/mol. The molecule has 1 heterocycles. The summed E-state index contributed by atoms with van der Waals surface area (Å²) in [6.07, 6.45) is 0.867. The number of piperidine rings is 1. The Hall–Kier alpha value is -2.37. The fourth-order valence-corrected chi connectivity index (χ4v) is 3.42. The molecule has 138 valence electrons. The van der Waals surface area contributed by atoms with Crippen molar-refractivity contribution in [3.05, 3.63) is 65.7 Å². The second-order valence-electron chi connectivity index (χ2n) is 6.76. The molecule has 0 aromatic heterocycles. The van der Waals surface area contributed by atoms with Crippen LogP contribution in [0.4, 0.5) is 0 Å². The van der Waals surface area contributed by atoms with Crippen molar-refractivity contribution in [2.24, 2.45) is 5.92 Å². The topological polar surface area (TPSA) is 61.8 Å². The molecule has 1 saturated heterocycles. The van der Waals surface area contributed by atoms with Crippen molar-refractivity contribution in [1.82, 2.24) is 10.2 Å². The first-order valence-corrected chi connectivity index (χ1v) is 9.01. The molecule has 2 N–H and O–H groups in total. The molecule has 0 bridgehead atoms. The highest BCUT2D eigenvalue weighted by molar-refractivity contribution is 5.94. The number of hydrogen-bond acceptors (Lipinski definition) is 4. The van der Waals surface area contributed by atoms with Crippen LogP contribution in [-0.4, -0.2) is 48.8 Å². The van der Waals surface area contributed by atoms with Crippen molar-refractivity contribution < 1.29 is 14.6 Å². The number of benzene rings is 2. The van der Waals surface area contributed by atoms with Gasteiger partial charge in [0.05, 0.1) is 7.11 Å². The van der Waals surface area contributed by atoms with Crippen LogP contribution >= 0.6 is 0 Å². The lowest BCUT2D eigenvalue weighted by molar-refractivity contribution is 0.0730. The summed E-state index contributed by atoms with van der Waals surface area (Å²) >= 11 is 0. The van der Waals surface area contributed by atoms with E-state index in [0.29, 0.717) is 5.56 Å². The van der Waals surface area contributed by atoms with Crippen LogP contribution in [0.3, 0.4) is 0 Å². The number of nitrogens with one attached hydrogen (secondary N) is 1. The average molecular weight is 354 g/mol. The average Bonchev–Trinajstić information content (AvgIpc) is 2.69. The predicted octanol–water partition coefficient (Wildman–Crippen LogP) is 2.31. The van der Waals surface area contributed by atoms with Gasteiger partial charge in [0.15, 0.2) is 0 Å². The molecule has 2 aromatic rings. The van der Waals surface area contributed by atoms with Gasteiger partial charge in [0.2, 0.25) is 0 Å². The molecule has 26 heavy (non-hydrogen) atoms. The van der Waals surface area contributed by atoms with Crippen LogP contribution in [0.25, 0.3) is 0 Å². The van der Waals surface area contributed by atoms with Crippen molar-refractivity contribution in [3.63, 3.8) is 0 Å². The van der Waals surface area contributed by atoms with E-state index in [1.165, 1.54) is 5.56 Å². The number of carbonyl (C=O) groups is 1. The molecule has 1 aliphatic rings. The summed E-state index contributed by atoms with van der Waals surface area (Å²) < 4.78 is 5.20. The third-order valence-corrected chi connectivity index (χ3v) is 4.99. The number of amides is 1. The van der Waals surface area contributed by atoms with Gasteiger partial charge < -0.3 is 15.2 Å². The smallest absolute Gasteiger partial charge is 0.251 e. The van der Waals surface area contributed by atoms with Gasteiger partial charge in [-0.3, -0.25) is 9.69 Å². The number of carbonyl (C=O) groups excluding carboxylic acids is 1. The molecule has 0 radical (unpaired) electrons. The molecule has 2 aromatic carbocycles. The molecule has 1 fully saturated rings. The van der Waals surface area contributed by atoms with Gasteiger partial charge in [-0.1, -0.05) is 30.3 Å². The van der Waals surface area contributed by atoms with E-state index in [1.807, 2.05) is 30.3 Å². The maximum absolute atomic E-state index is 12.5. The Kier molecular flexibility index (Phi) is 6.26. The van der Waals surface area contributed by atoms with E-state index >= 15 is 0 Å². The van der Waals surface area contributed by atoms with Crippen LogP contribution < -0.4 is 10.1 Å². The second-order valence-corrected chi connectivity index (χ2v) is 6.76. The van der Waals surface area contributed by atoms with Crippen LogP contribution in [0.5, 0.6) is 5.75 Å². The summed E-state index contributed by atoms with van der Waals surface area (Å²) in [6, 6.07) is 17.2. The number of rotatable bonds is 6. The minimum Gasteiger partial charge on any atom is -0.497 e. The van der Waals surface area contributed by atoms with Gasteiger partial charge in [-0.15, -0.1) is 0 Å². The molecule has 0 aliphatic carbocycles. The zero-order chi connectivity index (χ0) is 18.4. The van der Waals surface area contributed by atoms with E-state index in [-0.39, 0.29) is 24.5 Å². The Morgan fingerprint density at radius 2 is 1.92 bits per heavy atom. The van der Waals surface area contributed by atoms with Gasteiger partial charge in [-0.25, -0.2) is 0 Å². The lowest BCUT2D eigenvalue weighted by Gasteiger charge is -2.38. The molecule has 0 unspecified atom stereocenters.